The van der Waals surface area contributed by atoms with E-state index in [0.717, 1.165) is 30.1 Å². The fourth-order valence-electron chi connectivity index (χ4n) is 4.40. The van der Waals surface area contributed by atoms with Crippen molar-refractivity contribution in [3.63, 3.8) is 0 Å². The Hall–Kier alpha value is -2.88. The van der Waals surface area contributed by atoms with Gasteiger partial charge >= 0.3 is 5.97 Å². The monoisotopic (exact) mass is 419 g/mol. The van der Waals surface area contributed by atoms with E-state index in [2.05, 4.69) is 20.5 Å². The van der Waals surface area contributed by atoms with Crippen LogP contribution in [0.5, 0.6) is 0 Å². The Balaban J connectivity index is 1.44. The quantitative estimate of drug-likeness (QED) is 0.769. The van der Waals surface area contributed by atoms with Gasteiger partial charge in [0.25, 0.3) is 5.91 Å². The Bertz CT molecular complexity index is 944. The third-order valence-electron chi connectivity index (χ3n) is 6.00. The van der Waals surface area contributed by atoms with E-state index in [9.17, 15) is 23.5 Å². The fraction of sp³-hybridized carbons (Fsp3) is 0.500. The number of amides is 1. The summed E-state index contributed by atoms with van der Waals surface area (Å²) in [7, 11) is 0. The molecule has 0 bridgehead atoms. The molecule has 2 aromatic rings. The molecule has 160 valence electrons. The summed E-state index contributed by atoms with van der Waals surface area (Å²) < 4.78 is 28.1. The molecule has 2 aliphatic rings. The molecule has 2 atom stereocenters. The van der Waals surface area contributed by atoms with Gasteiger partial charge in [0.05, 0.1) is 12.1 Å². The molecule has 1 saturated heterocycles. The number of likely N-dealkylation sites (tertiary alicyclic amines) is 1. The van der Waals surface area contributed by atoms with Crippen LogP contribution in [0.2, 0.25) is 0 Å². The Morgan fingerprint density at radius 3 is 2.63 bits per heavy atom. The van der Waals surface area contributed by atoms with Crippen molar-refractivity contribution < 1.29 is 23.5 Å². The Morgan fingerprint density at radius 1 is 1.17 bits per heavy atom. The molecule has 1 aromatic carbocycles. The number of aromatic nitrogens is 3. The van der Waals surface area contributed by atoms with Gasteiger partial charge in [0.1, 0.15) is 11.5 Å². The molecule has 0 unspecified atom stereocenters. The predicted octanol–water partition coefficient (Wildman–Crippen LogP) is 1.99. The smallest absolute Gasteiger partial charge is 0.309 e. The molecule has 1 saturated carbocycles. The summed E-state index contributed by atoms with van der Waals surface area (Å²) in [6.45, 7) is 1.13. The van der Waals surface area contributed by atoms with Crippen LogP contribution in [0, 0.1) is 17.6 Å². The number of carboxylic acids is 1. The number of carbonyl (C=O) groups is 2. The van der Waals surface area contributed by atoms with E-state index in [4.69, 9.17) is 0 Å². The first kappa shape index (κ1) is 20.4. The van der Waals surface area contributed by atoms with Crippen molar-refractivity contribution in [1.82, 2.24) is 25.2 Å². The molecule has 1 amide bonds. The molecular formula is C20H23F2N5O3. The first-order valence-electron chi connectivity index (χ1n) is 10.1. The Labute approximate surface area is 171 Å². The highest BCUT2D eigenvalue weighted by Gasteiger charge is 2.38. The van der Waals surface area contributed by atoms with E-state index in [1.807, 2.05) is 0 Å². The van der Waals surface area contributed by atoms with E-state index in [0.29, 0.717) is 25.1 Å². The number of hydrogen-bond donors (Lipinski definition) is 2. The fourth-order valence-corrected chi connectivity index (χ4v) is 4.40. The molecule has 1 aliphatic heterocycles. The maximum atomic E-state index is 13.9. The topological polar surface area (TPSA) is 100 Å². The lowest BCUT2D eigenvalue weighted by Gasteiger charge is -2.39. The number of nitrogens with one attached hydrogen (secondary N) is 1. The number of aliphatic carboxylic acids is 1. The average Bonchev–Trinajstić information content (AvgIpc) is 3.40. The molecule has 2 fully saturated rings. The molecule has 1 aliphatic carbocycles. The van der Waals surface area contributed by atoms with Crippen molar-refractivity contribution in [2.24, 2.45) is 5.92 Å². The third-order valence-corrected chi connectivity index (χ3v) is 6.00. The van der Waals surface area contributed by atoms with E-state index in [-0.39, 0.29) is 11.4 Å². The van der Waals surface area contributed by atoms with Gasteiger partial charge in [0.15, 0.2) is 11.5 Å². The van der Waals surface area contributed by atoms with Gasteiger partial charge in [-0.3, -0.25) is 14.5 Å². The molecule has 4 rings (SSSR count). The van der Waals surface area contributed by atoms with Crippen LogP contribution in [0.3, 0.4) is 0 Å². The van der Waals surface area contributed by atoms with Gasteiger partial charge in [0, 0.05) is 31.2 Å². The zero-order chi connectivity index (χ0) is 21.3. The van der Waals surface area contributed by atoms with E-state index >= 15 is 0 Å². The summed E-state index contributed by atoms with van der Waals surface area (Å²) in [4.78, 5) is 26.7. The second-order valence-corrected chi connectivity index (χ2v) is 7.89. The van der Waals surface area contributed by atoms with Gasteiger partial charge in [-0.1, -0.05) is 18.1 Å². The Kier molecular flexibility index (Phi) is 5.76. The van der Waals surface area contributed by atoms with Gasteiger partial charge in [-0.2, -0.15) is 0 Å². The van der Waals surface area contributed by atoms with Gasteiger partial charge in [0.2, 0.25) is 0 Å². The highest BCUT2D eigenvalue weighted by molar-refractivity contribution is 5.92. The van der Waals surface area contributed by atoms with Crippen molar-refractivity contribution in [2.75, 3.05) is 13.1 Å². The van der Waals surface area contributed by atoms with Crippen molar-refractivity contribution >= 4 is 11.9 Å². The molecule has 30 heavy (non-hydrogen) atoms. The lowest BCUT2D eigenvalue weighted by Crippen LogP contribution is -2.55. The summed E-state index contributed by atoms with van der Waals surface area (Å²) >= 11 is 0. The molecule has 0 spiro atoms. The van der Waals surface area contributed by atoms with Crippen molar-refractivity contribution in [1.29, 1.82) is 0 Å². The van der Waals surface area contributed by atoms with Crippen LogP contribution in [0.1, 0.15) is 42.6 Å². The van der Waals surface area contributed by atoms with Gasteiger partial charge < -0.3 is 10.4 Å². The van der Waals surface area contributed by atoms with Crippen LogP contribution in [-0.4, -0.2) is 62.0 Å². The molecule has 2 N–H and O–H groups in total. The SMILES string of the molecule is O=C(N[C@H]1CCN(C2CCCC2)C[C@@H]1C(=O)O)c1cn(-c2ccc(F)cc2F)nn1. The van der Waals surface area contributed by atoms with Crippen molar-refractivity contribution in [3.05, 3.63) is 41.7 Å². The van der Waals surface area contributed by atoms with Gasteiger partial charge in [-0.15, -0.1) is 5.10 Å². The van der Waals surface area contributed by atoms with Crippen LogP contribution >= 0.6 is 0 Å². The normalized spacial score (nSPS) is 22.9. The average molecular weight is 419 g/mol. The lowest BCUT2D eigenvalue weighted by molar-refractivity contribution is -0.145. The van der Waals surface area contributed by atoms with Gasteiger partial charge in [-0.05, 0) is 31.4 Å². The van der Waals surface area contributed by atoms with Crippen LogP contribution < -0.4 is 5.32 Å². The zero-order valence-electron chi connectivity index (χ0n) is 16.3. The van der Waals surface area contributed by atoms with Crippen LogP contribution in [-0.2, 0) is 4.79 Å². The number of piperidine rings is 1. The van der Waals surface area contributed by atoms with E-state index in [1.54, 1.807) is 0 Å². The number of halogens is 2. The number of nitrogens with zero attached hydrogens (tertiary/aromatic N) is 4. The van der Waals surface area contributed by atoms with Crippen molar-refractivity contribution in [3.8, 4) is 5.69 Å². The first-order chi connectivity index (χ1) is 14.4. The summed E-state index contributed by atoms with van der Waals surface area (Å²) in [5.74, 6) is -3.79. The molecule has 8 nitrogen and oxygen atoms in total. The number of hydrogen-bond acceptors (Lipinski definition) is 5. The van der Waals surface area contributed by atoms with Crippen LogP contribution in [0.15, 0.2) is 24.4 Å². The minimum Gasteiger partial charge on any atom is -0.481 e. The summed E-state index contributed by atoms with van der Waals surface area (Å²) in [5.41, 5.74) is -0.114. The number of rotatable bonds is 5. The van der Waals surface area contributed by atoms with Crippen LogP contribution in [0.25, 0.3) is 5.69 Å². The molecule has 1 aromatic heterocycles. The highest BCUT2D eigenvalue weighted by Crippen LogP contribution is 2.28. The predicted molar refractivity (Wildman–Crippen MR) is 102 cm³/mol. The molecule has 0 radical (unpaired) electrons. The molecular weight excluding hydrogens is 396 g/mol. The number of carboxylic acid groups (broad SMARTS) is 1. The second-order valence-electron chi connectivity index (χ2n) is 7.89. The van der Waals surface area contributed by atoms with Crippen molar-refractivity contribution in [2.45, 2.75) is 44.2 Å². The van der Waals surface area contributed by atoms with E-state index < -0.39 is 35.5 Å². The lowest BCUT2D eigenvalue weighted by atomic mass is 9.90. The number of benzene rings is 1. The largest absolute Gasteiger partial charge is 0.481 e. The van der Waals surface area contributed by atoms with Crippen LogP contribution in [0.4, 0.5) is 8.78 Å². The number of carbonyl (C=O) groups excluding carboxylic acids is 1. The standard InChI is InChI=1S/C20H23F2N5O3/c21-12-5-6-18(15(22)9-12)27-11-17(24-25-27)19(28)23-16-7-8-26(10-14(16)20(29)30)13-3-1-2-4-13/h5-6,9,11,13-14,16H,1-4,7-8,10H2,(H,23,28)(H,29,30)/t14-,16-/m0/s1. The van der Waals surface area contributed by atoms with E-state index in [1.165, 1.54) is 25.1 Å². The second kappa shape index (κ2) is 8.47. The molecule has 10 heteroatoms. The maximum absolute atomic E-state index is 13.9. The maximum Gasteiger partial charge on any atom is 0.309 e. The minimum absolute atomic E-state index is 0.0452. The zero-order valence-corrected chi connectivity index (χ0v) is 16.3. The minimum atomic E-state index is -0.944. The summed E-state index contributed by atoms with van der Waals surface area (Å²) in [5, 5.41) is 19.9. The Morgan fingerprint density at radius 2 is 1.93 bits per heavy atom. The highest BCUT2D eigenvalue weighted by atomic mass is 19.1. The molecule has 2 heterocycles. The summed E-state index contributed by atoms with van der Waals surface area (Å²) in [6.07, 6.45) is 6.28. The summed E-state index contributed by atoms with van der Waals surface area (Å²) in [6, 6.07) is 2.89. The third kappa shape index (κ3) is 4.18. The first-order valence-corrected chi connectivity index (χ1v) is 10.1. The van der Waals surface area contributed by atoms with Gasteiger partial charge in [-0.25, -0.2) is 13.5 Å².